The van der Waals surface area contributed by atoms with Crippen LogP contribution in [0.4, 0.5) is 4.79 Å². The molecule has 200 valence electrons. The van der Waals surface area contributed by atoms with E-state index >= 15 is 0 Å². The molecule has 2 aliphatic carbocycles. The van der Waals surface area contributed by atoms with E-state index in [1.54, 1.807) is 25.7 Å². The summed E-state index contributed by atoms with van der Waals surface area (Å²) < 4.78 is 5.41. The van der Waals surface area contributed by atoms with Crippen molar-refractivity contribution in [3.63, 3.8) is 0 Å². The van der Waals surface area contributed by atoms with Crippen molar-refractivity contribution in [1.29, 1.82) is 0 Å². The number of fused-ring (bicyclic) bond motifs is 2. The second kappa shape index (κ2) is 10.9. The third-order valence-electron chi connectivity index (χ3n) is 8.14. The molecule has 0 aromatic rings. The fourth-order valence-electron chi connectivity index (χ4n) is 5.76. The summed E-state index contributed by atoms with van der Waals surface area (Å²) >= 11 is 0. The molecule has 2 N–H and O–H groups in total. The first-order valence-electron chi connectivity index (χ1n) is 13.9. The van der Waals surface area contributed by atoms with Gasteiger partial charge in [-0.25, -0.2) is 4.79 Å². The minimum Gasteiger partial charge on any atom is -0.444 e. The second-order valence-electron chi connectivity index (χ2n) is 12.2. The number of amides is 3. The number of alkyl carbamates (subject to hydrolysis) is 1. The fourth-order valence-corrected chi connectivity index (χ4v) is 5.76. The van der Waals surface area contributed by atoms with Gasteiger partial charge in [0.05, 0.1) is 11.5 Å². The summed E-state index contributed by atoms with van der Waals surface area (Å²) in [6.45, 7) is 5.85. The van der Waals surface area contributed by atoms with Crippen LogP contribution in [-0.4, -0.2) is 58.9 Å². The van der Waals surface area contributed by atoms with Crippen molar-refractivity contribution in [2.24, 2.45) is 11.3 Å². The summed E-state index contributed by atoms with van der Waals surface area (Å²) in [4.78, 5) is 54.7. The molecule has 4 aliphatic rings. The molecule has 2 aliphatic heterocycles. The van der Waals surface area contributed by atoms with E-state index in [1.165, 1.54) is 0 Å². The molecule has 1 saturated heterocycles. The Labute approximate surface area is 214 Å². The minimum absolute atomic E-state index is 0.000131. The first-order chi connectivity index (χ1) is 17.1. The van der Waals surface area contributed by atoms with Gasteiger partial charge in [-0.05, 0) is 84.5 Å². The third-order valence-corrected chi connectivity index (χ3v) is 8.14. The molecule has 0 aromatic carbocycles. The Morgan fingerprint density at radius 3 is 2.47 bits per heavy atom. The van der Waals surface area contributed by atoms with Crippen LogP contribution >= 0.6 is 0 Å². The summed E-state index contributed by atoms with van der Waals surface area (Å²) in [6.07, 6.45) is 13.1. The number of Topliss-reactive ketones (excluding diaryl/α,β-unsaturated/α-hetero) is 1. The molecule has 0 unspecified atom stereocenters. The number of allylic oxidation sites excluding steroid dienone is 2. The number of nitrogens with one attached hydrogen (secondary N) is 2. The number of rotatable bonds is 3. The van der Waals surface area contributed by atoms with Gasteiger partial charge in [0.2, 0.25) is 11.8 Å². The summed E-state index contributed by atoms with van der Waals surface area (Å²) in [7, 11) is 0. The number of hydrogen-bond donors (Lipinski definition) is 2. The molecule has 4 rings (SSSR count). The number of hydrogen-bond acceptors (Lipinski definition) is 5. The third kappa shape index (κ3) is 6.30. The summed E-state index contributed by atoms with van der Waals surface area (Å²) in [5.41, 5.74) is -1.35. The number of carbonyl (C=O) groups excluding carboxylic acids is 4. The van der Waals surface area contributed by atoms with Crippen molar-refractivity contribution in [2.45, 2.75) is 122 Å². The van der Waals surface area contributed by atoms with E-state index < -0.39 is 29.2 Å². The highest BCUT2D eigenvalue weighted by atomic mass is 16.6. The first kappa shape index (κ1) is 26.7. The maximum Gasteiger partial charge on any atom is 0.408 e. The van der Waals surface area contributed by atoms with E-state index in [1.807, 2.05) is 0 Å². The van der Waals surface area contributed by atoms with Crippen LogP contribution in [0.15, 0.2) is 12.2 Å². The maximum atomic E-state index is 13.6. The predicted molar refractivity (Wildman–Crippen MR) is 136 cm³/mol. The van der Waals surface area contributed by atoms with Gasteiger partial charge >= 0.3 is 6.09 Å². The molecule has 36 heavy (non-hydrogen) atoms. The fraction of sp³-hybridized carbons (Fsp3) is 0.786. The Morgan fingerprint density at radius 1 is 1.00 bits per heavy atom. The highest BCUT2D eigenvalue weighted by molar-refractivity contribution is 5.97. The lowest BCUT2D eigenvalue weighted by Crippen LogP contribution is -2.53. The zero-order valence-corrected chi connectivity index (χ0v) is 22.1. The van der Waals surface area contributed by atoms with Crippen molar-refractivity contribution in [2.75, 3.05) is 6.54 Å². The Balaban J connectivity index is 1.51. The van der Waals surface area contributed by atoms with Gasteiger partial charge in [-0.3, -0.25) is 14.4 Å². The summed E-state index contributed by atoms with van der Waals surface area (Å²) in [5, 5.41) is 5.96. The van der Waals surface area contributed by atoms with Crippen LogP contribution in [0.2, 0.25) is 0 Å². The highest BCUT2D eigenvalue weighted by Gasteiger charge is 2.60. The van der Waals surface area contributed by atoms with Gasteiger partial charge < -0.3 is 20.3 Å². The highest BCUT2D eigenvalue weighted by Crippen LogP contribution is 2.57. The van der Waals surface area contributed by atoms with E-state index in [-0.39, 0.29) is 36.0 Å². The van der Waals surface area contributed by atoms with Crippen molar-refractivity contribution in [1.82, 2.24) is 15.5 Å². The molecule has 3 fully saturated rings. The lowest BCUT2D eigenvalue weighted by Gasteiger charge is -2.31. The van der Waals surface area contributed by atoms with Crippen LogP contribution in [0.3, 0.4) is 0 Å². The molecule has 2 saturated carbocycles. The van der Waals surface area contributed by atoms with E-state index in [4.69, 9.17) is 4.74 Å². The topological polar surface area (TPSA) is 105 Å². The molecule has 0 radical (unpaired) electrons. The Hall–Kier alpha value is -2.38. The van der Waals surface area contributed by atoms with Crippen LogP contribution in [0.5, 0.6) is 0 Å². The van der Waals surface area contributed by atoms with Gasteiger partial charge in [-0.1, -0.05) is 25.0 Å². The predicted octanol–water partition coefficient (Wildman–Crippen LogP) is 4.03. The first-order valence-corrected chi connectivity index (χ1v) is 13.9. The van der Waals surface area contributed by atoms with Gasteiger partial charge in [0, 0.05) is 19.0 Å². The van der Waals surface area contributed by atoms with Crippen LogP contribution in [-0.2, 0) is 19.1 Å². The molecule has 2 heterocycles. The molecule has 8 nitrogen and oxygen atoms in total. The van der Waals surface area contributed by atoms with Gasteiger partial charge in [0.15, 0.2) is 5.78 Å². The molecular weight excluding hydrogens is 458 g/mol. The Morgan fingerprint density at radius 2 is 1.78 bits per heavy atom. The summed E-state index contributed by atoms with van der Waals surface area (Å²) in [5.74, 6) is -0.171. The lowest BCUT2D eigenvalue weighted by molar-refractivity contribution is -0.141. The summed E-state index contributed by atoms with van der Waals surface area (Å²) in [6, 6.07) is -1.03. The largest absolute Gasteiger partial charge is 0.444 e. The molecule has 0 bridgehead atoms. The Bertz CT molecular complexity index is 890. The molecule has 4 atom stereocenters. The van der Waals surface area contributed by atoms with E-state index in [9.17, 15) is 19.2 Å². The Kier molecular flexibility index (Phi) is 8.10. The molecule has 8 heteroatoms. The smallest absolute Gasteiger partial charge is 0.408 e. The second-order valence-corrected chi connectivity index (χ2v) is 12.2. The van der Waals surface area contributed by atoms with Crippen LogP contribution < -0.4 is 10.6 Å². The van der Waals surface area contributed by atoms with Crippen molar-refractivity contribution < 1.29 is 23.9 Å². The van der Waals surface area contributed by atoms with Crippen molar-refractivity contribution >= 4 is 23.7 Å². The number of nitrogens with zero attached hydrogens (tertiary/aromatic N) is 1. The minimum atomic E-state index is -0.724. The average Bonchev–Trinajstić information content (AvgIpc) is 3.23. The molecule has 3 amide bonds. The number of ether oxygens (including phenoxy) is 1. The van der Waals surface area contributed by atoms with E-state index in [0.717, 1.165) is 51.4 Å². The van der Waals surface area contributed by atoms with Crippen LogP contribution in [0.25, 0.3) is 0 Å². The number of carbonyl (C=O) groups is 4. The van der Waals surface area contributed by atoms with Crippen LogP contribution in [0, 0.1) is 11.3 Å². The van der Waals surface area contributed by atoms with E-state index in [0.29, 0.717) is 25.8 Å². The zero-order valence-electron chi connectivity index (χ0n) is 22.1. The maximum absolute atomic E-state index is 13.6. The van der Waals surface area contributed by atoms with Crippen molar-refractivity contribution in [3.05, 3.63) is 12.2 Å². The quantitative estimate of drug-likeness (QED) is 0.568. The monoisotopic (exact) mass is 501 g/mol. The molecule has 0 spiro atoms. The molecule has 0 aromatic heterocycles. The van der Waals surface area contributed by atoms with Gasteiger partial charge in [-0.15, -0.1) is 0 Å². The molecular formula is C28H43N3O5. The lowest BCUT2D eigenvalue weighted by atomic mass is 9.88. The van der Waals surface area contributed by atoms with Crippen LogP contribution in [0.1, 0.15) is 97.8 Å². The SMILES string of the molecule is CC(C)(C)OC(=O)N[C@H]1CCCCC/C=C\[C@@H]2C[C@@]2(C(=O)NC2CCC2)CC(=O)[C@@H]2CCCN2C1=O. The zero-order chi connectivity index (χ0) is 25.9. The van der Waals surface area contributed by atoms with Gasteiger partial charge in [0.25, 0.3) is 0 Å². The standard InChI is InChI=1S/C28H43N3O5/c1-27(2,3)36-26(35)30-21-14-8-6-4-5-7-11-19-17-28(19,25(34)29-20-12-9-13-20)18-23(32)22-15-10-16-31(22)24(21)33/h7,11,19-22H,4-6,8-10,12-18H2,1-3H3,(H,29,34)(H,30,35)/b11-7-/t19-,21+,22+,28-/m1/s1. The van der Waals surface area contributed by atoms with Gasteiger partial charge in [-0.2, -0.15) is 0 Å². The van der Waals surface area contributed by atoms with Gasteiger partial charge in [0.1, 0.15) is 11.6 Å². The average molecular weight is 502 g/mol. The number of ketones is 1. The normalized spacial score (nSPS) is 32.8. The van der Waals surface area contributed by atoms with Crippen molar-refractivity contribution in [3.8, 4) is 0 Å². The van der Waals surface area contributed by atoms with E-state index in [2.05, 4.69) is 22.8 Å².